The number of aliphatic hydroxyl groups excluding tert-OH is 4. The van der Waals surface area contributed by atoms with Crippen molar-refractivity contribution in [2.45, 2.75) is 42.0 Å². The molecule has 0 saturated heterocycles. The first kappa shape index (κ1) is 40.9. The maximum atomic E-state index is 12.6. The molecule has 5 amide bonds. The number of nitrogens with one attached hydrogen (secondary N) is 7. The van der Waals surface area contributed by atoms with Gasteiger partial charge in [-0.15, -0.1) is 0 Å². The third-order valence-corrected chi connectivity index (χ3v) is 6.24. The average Bonchev–Trinajstić information content (AvgIpc) is 3.01. The van der Waals surface area contributed by atoms with E-state index in [0.29, 0.717) is 0 Å². The number of rotatable bonds is 25. The van der Waals surface area contributed by atoms with Gasteiger partial charge in [-0.3, -0.25) is 28.8 Å². The van der Waals surface area contributed by atoms with Crippen LogP contribution >= 0.6 is 0 Å². The molecule has 256 valence electrons. The zero-order chi connectivity index (χ0) is 34.6. The number of amides is 5. The maximum Gasteiger partial charge on any atom is 0.320 e. The van der Waals surface area contributed by atoms with Crippen LogP contribution in [-0.4, -0.2) is 162 Å². The topological polar surface area (TPSA) is 348 Å². The summed E-state index contributed by atoms with van der Waals surface area (Å²) in [6, 6.07) is -4.16. The van der Waals surface area contributed by atoms with E-state index in [1.807, 2.05) is 0 Å². The van der Waals surface area contributed by atoms with Gasteiger partial charge in [-0.1, -0.05) is 0 Å². The lowest BCUT2D eigenvalue weighted by atomic mass is 10.0. The highest BCUT2D eigenvalue weighted by Crippen LogP contribution is 2.04. The van der Waals surface area contributed by atoms with E-state index in [1.54, 1.807) is 0 Å². The van der Waals surface area contributed by atoms with Crippen LogP contribution in [0.1, 0.15) is 12.8 Å². The Kier molecular flexibility index (Phi) is 18.9. The van der Waals surface area contributed by atoms with E-state index >= 15 is 0 Å². The molecule has 0 aliphatic heterocycles. The molecule has 0 aromatic rings. The van der Waals surface area contributed by atoms with Crippen molar-refractivity contribution in [3.05, 3.63) is 0 Å². The molecule has 0 bridgehead atoms. The van der Waals surface area contributed by atoms with Crippen molar-refractivity contribution in [3.63, 3.8) is 0 Å². The van der Waals surface area contributed by atoms with Crippen molar-refractivity contribution in [2.24, 2.45) is 5.73 Å². The first-order chi connectivity index (χ1) is 21.2. The summed E-state index contributed by atoms with van der Waals surface area (Å²) >= 11 is 0. The quantitative estimate of drug-likeness (QED) is 0.0408. The Hall–Kier alpha value is -4.12. The lowest BCUT2D eigenvalue weighted by Crippen LogP contribution is -2.63. The smallest absolute Gasteiger partial charge is 0.320 e. The summed E-state index contributed by atoms with van der Waals surface area (Å²) in [4.78, 5) is 94.9. The zero-order valence-corrected chi connectivity index (χ0v) is 24.5. The van der Waals surface area contributed by atoms with Gasteiger partial charge in [-0.05, 0) is 13.5 Å². The van der Waals surface area contributed by atoms with Crippen molar-refractivity contribution in [2.75, 3.05) is 59.7 Å². The number of carboxylic acids is 1. The molecule has 0 saturated carbocycles. The molecule has 5 atom stereocenters. The van der Waals surface area contributed by atoms with Gasteiger partial charge in [0.05, 0.1) is 39.5 Å². The van der Waals surface area contributed by atoms with Crippen molar-refractivity contribution in [1.29, 1.82) is 0 Å². The van der Waals surface area contributed by atoms with E-state index in [0.717, 1.165) is 0 Å². The lowest BCUT2D eigenvalue weighted by molar-refractivity contribution is -0.139. The second kappa shape index (κ2) is 20.8. The Labute approximate surface area is 257 Å². The number of carboxylic acid groups (broad SMARTS) is 1. The van der Waals surface area contributed by atoms with Crippen molar-refractivity contribution in [3.8, 4) is 0 Å². The molecule has 0 fully saturated rings. The van der Waals surface area contributed by atoms with E-state index in [4.69, 9.17) is 10.8 Å². The number of primary amides is 1. The number of likely N-dealkylation sites (N-methyl/N-ethyl adjacent to an activating group) is 1. The minimum absolute atomic E-state index is 0.137. The molecule has 0 heterocycles. The molecule has 0 aliphatic carbocycles. The zero-order valence-electron chi connectivity index (χ0n) is 24.5. The average molecular weight is 651 g/mol. The highest BCUT2D eigenvalue weighted by Gasteiger charge is 2.35. The first-order valence-electron chi connectivity index (χ1n) is 13.4. The molecule has 0 aromatic carbocycles. The molecule has 21 heteroatoms. The summed E-state index contributed by atoms with van der Waals surface area (Å²) in [6.07, 6.45) is -0.102. The monoisotopic (exact) mass is 650 g/mol. The van der Waals surface area contributed by atoms with Gasteiger partial charge in [0.2, 0.25) is 29.5 Å². The molecule has 0 aliphatic rings. The summed E-state index contributed by atoms with van der Waals surface area (Å²) in [7, 11) is 1.38. The molecular weight excluding hydrogens is 608 g/mol. The Balaban J connectivity index is 5.13. The summed E-state index contributed by atoms with van der Waals surface area (Å²) in [5.74, 6) is -5.86. The largest absolute Gasteiger partial charge is 0.480 e. The number of carbonyl (C=O) groups excluding carboxylic acids is 7. The van der Waals surface area contributed by atoms with Crippen LogP contribution in [0.4, 0.5) is 0 Å². The Morgan fingerprint density at radius 1 is 0.778 bits per heavy atom. The third-order valence-electron chi connectivity index (χ3n) is 6.24. The Morgan fingerprint density at radius 3 is 1.82 bits per heavy atom. The molecule has 0 rings (SSSR count). The predicted octanol–water partition coefficient (Wildman–Crippen LogP) is -8.85. The van der Waals surface area contributed by atoms with Crippen LogP contribution < -0.4 is 43.0 Å². The number of carbonyl (C=O) groups is 8. The Bertz CT molecular complexity index is 1050. The van der Waals surface area contributed by atoms with Crippen LogP contribution in [0.3, 0.4) is 0 Å². The van der Waals surface area contributed by atoms with Gasteiger partial charge < -0.3 is 78.1 Å². The van der Waals surface area contributed by atoms with E-state index in [-0.39, 0.29) is 32.0 Å². The molecule has 0 aromatic heterocycles. The van der Waals surface area contributed by atoms with Gasteiger partial charge in [-0.2, -0.15) is 0 Å². The minimum atomic E-state index is -1.96. The number of nitrogens with two attached hydrogens (primary N) is 1. The first-order valence-corrected chi connectivity index (χ1v) is 13.4. The van der Waals surface area contributed by atoms with Crippen LogP contribution in [0.15, 0.2) is 0 Å². The number of hydrogen-bond donors (Lipinski definition) is 13. The lowest BCUT2D eigenvalue weighted by Gasteiger charge is -2.30. The maximum absolute atomic E-state index is 12.6. The SMILES string of the molecule is CNC(CCC(=O)NC(C=O)(CO)CNC(CO)C(=O)NCC(=O)NC(CO)C(=O)NC(C=O)(CO)CNCC(N)=O)C(=O)O. The Morgan fingerprint density at radius 2 is 1.36 bits per heavy atom. The second-order valence-corrected chi connectivity index (χ2v) is 9.83. The van der Waals surface area contributed by atoms with Crippen LogP contribution in [0.2, 0.25) is 0 Å². The highest BCUT2D eigenvalue weighted by atomic mass is 16.4. The standard InChI is InChI=1S/C24H42N8O13/c1-26-14(22(44)45)2-3-18(40)31-24(12-37,13-38)9-29-15(6-33)20(42)28-5-19(41)30-16(7-34)21(43)32-23(10-35,11-36)8-27-4-17(25)39/h10,12,14-16,26-27,29,33-34,36,38H,2-9,11,13H2,1H3,(H2,25,39)(H,28,42)(H,30,41)(H,31,40)(H,32,43)(H,44,45). The van der Waals surface area contributed by atoms with Gasteiger partial charge in [-0.25, -0.2) is 0 Å². The fraction of sp³-hybridized carbons (Fsp3) is 0.667. The van der Waals surface area contributed by atoms with E-state index < -0.39 is 111 Å². The fourth-order valence-corrected chi connectivity index (χ4v) is 3.52. The van der Waals surface area contributed by atoms with E-state index in [9.17, 15) is 58.8 Å². The number of aliphatic carboxylic acids is 1. The molecule has 21 nitrogen and oxygen atoms in total. The predicted molar refractivity (Wildman–Crippen MR) is 151 cm³/mol. The van der Waals surface area contributed by atoms with Crippen LogP contribution in [0.25, 0.3) is 0 Å². The van der Waals surface area contributed by atoms with Crippen molar-refractivity contribution < 1.29 is 63.9 Å². The fourth-order valence-electron chi connectivity index (χ4n) is 3.52. The third kappa shape index (κ3) is 14.5. The molecular formula is C24H42N8O13. The molecule has 5 unspecified atom stereocenters. The molecule has 0 radical (unpaired) electrons. The summed E-state index contributed by atoms with van der Waals surface area (Å²) < 4.78 is 0. The normalized spacial score (nSPS) is 15.6. The number of aldehydes is 2. The van der Waals surface area contributed by atoms with Crippen molar-refractivity contribution in [1.82, 2.24) is 37.2 Å². The van der Waals surface area contributed by atoms with E-state index in [2.05, 4.69) is 37.2 Å². The van der Waals surface area contributed by atoms with Crippen LogP contribution in [0.5, 0.6) is 0 Å². The molecule has 0 spiro atoms. The van der Waals surface area contributed by atoms with Gasteiger partial charge in [0.25, 0.3) is 0 Å². The van der Waals surface area contributed by atoms with Gasteiger partial charge in [0.15, 0.2) is 0 Å². The minimum Gasteiger partial charge on any atom is -0.480 e. The number of hydrogen-bond acceptors (Lipinski definition) is 15. The van der Waals surface area contributed by atoms with Gasteiger partial charge in [0.1, 0.15) is 41.8 Å². The highest BCUT2D eigenvalue weighted by molar-refractivity contribution is 5.92. The summed E-state index contributed by atoms with van der Waals surface area (Å²) in [6.45, 7) is -5.84. The van der Waals surface area contributed by atoms with Crippen LogP contribution in [-0.2, 0) is 38.4 Å². The second-order valence-electron chi connectivity index (χ2n) is 9.83. The van der Waals surface area contributed by atoms with Crippen molar-refractivity contribution >= 4 is 48.1 Å². The van der Waals surface area contributed by atoms with E-state index in [1.165, 1.54) is 7.05 Å². The summed E-state index contributed by atoms with van der Waals surface area (Å²) in [5, 5.41) is 63.6. The molecule has 14 N–H and O–H groups in total. The van der Waals surface area contributed by atoms with Gasteiger partial charge >= 0.3 is 5.97 Å². The van der Waals surface area contributed by atoms with Crippen LogP contribution in [0, 0.1) is 0 Å². The number of aliphatic hydroxyl groups is 4. The summed E-state index contributed by atoms with van der Waals surface area (Å²) in [5.41, 5.74) is 1.09. The van der Waals surface area contributed by atoms with Gasteiger partial charge in [0, 0.05) is 19.5 Å². The molecule has 45 heavy (non-hydrogen) atoms.